The number of ether oxygens (including phenoxy) is 1. The zero-order valence-electron chi connectivity index (χ0n) is 10.5. The first-order valence-corrected chi connectivity index (χ1v) is 6.58. The van der Waals surface area contributed by atoms with Gasteiger partial charge in [-0.25, -0.2) is 0 Å². The molecule has 4 atom stereocenters. The van der Waals surface area contributed by atoms with Crippen molar-refractivity contribution in [2.24, 2.45) is 17.8 Å². The van der Waals surface area contributed by atoms with Crippen molar-refractivity contribution in [3.05, 3.63) is 11.6 Å². The van der Waals surface area contributed by atoms with Gasteiger partial charge in [0.05, 0.1) is 5.92 Å². The Balaban J connectivity index is 2.21. The molecule has 90 valence electrons. The van der Waals surface area contributed by atoms with Crippen molar-refractivity contribution in [1.29, 1.82) is 0 Å². The number of allylic oxidation sites excluding steroid dienone is 1. The van der Waals surface area contributed by atoms with Gasteiger partial charge in [0, 0.05) is 5.92 Å². The van der Waals surface area contributed by atoms with Gasteiger partial charge in [0.15, 0.2) is 0 Å². The monoisotopic (exact) mass is 222 g/mol. The first kappa shape index (κ1) is 11.7. The van der Waals surface area contributed by atoms with Gasteiger partial charge in [-0.15, -0.1) is 0 Å². The van der Waals surface area contributed by atoms with Gasteiger partial charge < -0.3 is 4.74 Å². The quantitative estimate of drug-likeness (QED) is 0.541. The van der Waals surface area contributed by atoms with Crippen LogP contribution in [0.4, 0.5) is 0 Å². The number of rotatable bonds is 3. The minimum Gasteiger partial charge on any atom is -0.462 e. The van der Waals surface area contributed by atoms with Crippen molar-refractivity contribution in [1.82, 2.24) is 0 Å². The number of fused-ring (bicyclic) bond motifs is 1. The maximum absolute atomic E-state index is 11.7. The van der Waals surface area contributed by atoms with Crippen molar-refractivity contribution in [3.63, 3.8) is 0 Å². The lowest BCUT2D eigenvalue weighted by Crippen LogP contribution is -2.27. The summed E-state index contributed by atoms with van der Waals surface area (Å²) in [6.07, 6.45) is 7.03. The molecule has 0 saturated carbocycles. The van der Waals surface area contributed by atoms with Crippen molar-refractivity contribution in [2.75, 3.05) is 0 Å². The van der Waals surface area contributed by atoms with E-state index >= 15 is 0 Å². The zero-order valence-corrected chi connectivity index (χ0v) is 10.5. The average molecular weight is 222 g/mol. The molecule has 1 aliphatic carbocycles. The molecule has 0 radical (unpaired) electrons. The van der Waals surface area contributed by atoms with Crippen LogP contribution in [0.3, 0.4) is 0 Å². The maximum atomic E-state index is 11.7. The molecular weight excluding hydrogens is 200 g/mol. The highest BCUT2D eigenvalue weighted by molar-refractivity contribution is 5.77. The Morgan fingerprint density at radius 1 is 1.44 bits per heavy atom. The first-order chi connectivity index (χ1) is 7.67. The number of carbonyl (C=O) groups is 1. The zero-order chi connectivity index (χ0) is 11.7. The molecule has 1 heterocycles. The Morgan fingerprint density at radius 2 is 2.19 bits per heavy atom. The largest absolute Gasteiger partial charge is 0.462 e. The Labute approximate surface area is 98.1 Å². The summed E-state index contributed by atoms with van der Waals surface area (Å²) in [5.74, 6) is 1.17. The van der Waals surface area contributed by atoms with Gasteiger partial charge in [-0.1, -0.05) is 31.9 Å². The summed E-state index contributed by atoms with van der Waals surface area (Å²) in [4.78, 5) is 11.7. The molecule has 2 heteroatoms. The lowest BCUT2D eigenvalue weighted by molar-refractivity contribution is -0.142. The maximum Gasteiger partial charge on any atom is 0.313 e. The van der Waals surface area contributed by atoms with E-state index in [2.05, 4.69) is 19.9 Å². The summed E-state index contributed by atoms with van der Waals surface area (Å²) in [6.45, 7) is 6.47. The van der Waals surface area contributed by atoms with E-state index in [1.54, 1.807) is 0 Å². The molecule has 2 rings (SSSR count). The third-order valence-electron chi connectivity index (χ3n) is 4.16. The molecule has 0 spiro atoms. The highest BCUT2D eigenvalue weighted by Gasteiger charge is 2.44. The van der Waals surface area contributed by atoms with Gasteiger partial charge in [-0.3, -0.25) is 4.79 Å². The van der Waals surface area contributed by atoms with Gasteiger partial charge in [-0.2, -0.15) is 0 Å². The number of hydrogen-bond acceptors (Lipinski definition) is 2. The van der Waals surface area contributed by atoms with E-state index in [1.165, 1.54) is 18.4 Å². The molecule has 1 saturated heterocycles. The van der Waals surface area contributed by atoms with Gasteiger partial charge in [0.25, 0.3) is 0 Å². The Bertz CT molecular complexity index is 306. The van der Waals surface area contributed by atoms with Crippen LogP contribution in [0.2, 0.25) is 0 Å². The number of esters is 1. The molecule has 0 N–H and O–H groups in total. The number of carbonyl (C=O) groups excluding carboxylic acids is 1. The van der Waals surface area contributed by atoms with Crippen LogP contribution in [-0.4, -0.2) is 12.1 Å². The molecule has 1 aliphatic heterocycles. The molecular formula is C14H22O2. The highest BCUT2D eigenvalue weighted by atomic mass is 16.6. The van der Waals surface area contributed by atoms with Crippen LogP contribution in [0.25, 0.3) is 0 Å². The molecule has 2 nitrogen and oxygen atoms in total. The fourth-order valence-corrected chi connectivity index (χ4v) is 3.25. The van der Waals surface area contributed by atoms with Crippen LogP contribution in [0.15, 0.2) is 11.6 Å². The second kappa shape index (κ2) is 4.60. The van der Waals surface area contributed by atoms with Crippen LogP contribution in [0, 0.1) is 17.8 Å². The van der Waals surface area contributed by atoms with Gasteiger partial charge in [0.2, 0.25) is 0 Å². The van der Waals surface area contributed by atoms with Crippen molar-refractivity contribution < 1.29 is 9.53 Å². The third kappa shape index (κ3) is 1.90. The topological polar surface area (TPSA) is 26.3 Å². The second-order valence-electron chi connectivity index (χ2n) is 5.15. The van der Waals surface area contributed by atoms with E-state index in [0.717, 1.165) is 12.8 Å². The minimum atomic E-state index is -0.00148. The lowest BCUT2D eigenvalue weighted by Gasteiger charge is -2.30. The van der Waals surface area contributed by atoms with Gasteiger partial charge in [0.1, 0.15) is 6.10 Å². The molecule has 2 aliphatic rings. The normalized spacial score (nSPS) is 37.9. The fourth-order valence-electron chi connectivity index (χ4n) is 3.25. The predicted octanol–water partition coefficient (Wildman–Crippen LogP) is 3.32. The number of cyclic esters (lactones) is 1. The van der Waals surface area contributed by atoms with Gasteiger partial charge >= 0.3 is 5.97 Å². The fraction of sp³-hybridized carbons (Fsp3) is 0.786. The summed E-state index contributed by atoms with van der Waals surface area (Å²) in [5, 5.41) is 0. The molecule has 0 aromatic rings. The summed E-state index contributed by atoms with van der Waals surface area (Å²) >= 11 is 0. The summed E-state index contributed by atoms with van der Waals surface area (Å²) in [7, 11) is 0. The summed E-state index contributed by atoms with van der Waals surface area (Å²) in [5.41, 5.74) is 1.48. The molecule has 0 bridgehead atoms. The Kier molecular flexibility index (Phi) is 3.36. The van der Waals surface area contributed by atoms with Crippen molar-refractivity contribution >= 4 is 5.97 Å². The molecule has 1 fully saturated rings. The minimum absolute atomic E-state index is 0.00148. The van der Waals surface area contributed by atoms with E-state index in [1.807, 2.05) is 6.92 Å². The molecule has 0 amide bonds. The van der Waals surface area contributed by atoms with E-state index in [4.69, 9.17) is 4.74 Å². The predicted molar refractivity (Wildman–Crippen MR) is 63.9 cm³/mol. The lowest BCUT2D eigenvalue weighted by atomic mass is 9.72. The Morgan fingerprint density at radius 3 is 2.81 bits per heavy atom. The van der Waals surface area contributed by atoms with Crippen LogP contribution in [0.1, 0.15) is 46.5 Å². The first-order valence-electron chi connectivity index (χ1n) is 6.58. The molecule has 16 heavy (non-hydrogen) atoms. The van der Waals surface area contributed by atoms with Crippen LogP contribution in [0.5, 0.6) is 0 Å². The van der Waals surface area contributed by atoms with E-state index < -0.39 is 0 Å². The summed E-state index contributed by atoms with van der Waals surface area (Å²) < 4.78 is 5.34. The van der Waals surface area contributed by atoms with E-state index in [9.17, 15) is 4.79 Å². The SMILES string of the molecule is CCCC1CC2C(C)OC(=O)C2C=C1CC. The standard InChI is InChI=1S/C14H22O2/c1-4-6-11-8-12-9(3)16-14(15)13(12)7-10(11)5-2/h7,9,11-13H,4-6,8H2,1-3H3. The Hall–Kier alpha value is -0.790. The van der Waals surface area contributed by atoms with Crippen molar-refractivity contribution in [2.45, 2.75) is 52.6 Å². The van der Waals surface area contributed by atoms with E-state index in [-0.39, 0.29) is 18.0 Å². The van der Waals surface area contributed by atoms with Crippen LogP contribution >= 0.6 is 0 Å². The summed E-state index contributed by atoms with van der Waals surface area (Å²) in [6, 6.07) is 0. The molecule has 4 unspecified atom stereocenters. The highest BCUT2D eigenvalue weighted by Crippen LogP contribution is 2.43. The second-order valence-corrected chi connectivity index (χ2v) is 5.15. The third-order valence-corrected chi connectivity index (χ3v) is 4.16. The molecule has 0 aromatic heterocycles. The smallest absolute Gasteiger partial charge is 0.313 e. The van der Waals surface area contributed by atoms with E-state index in [0.29, 0.717) is 11.8 Å². The molecule has 0 aromatic carbocycles. The van der Waals surface area contributed by atoms with Crippen molar-refractivity contribution in [3.8, 4) is 0 Å². The van der Waals surface area contributed by atoms with Crippen LogP contribution in [-0.2, 0) is 9.53 Å². The van der Waals surface area contributed by atoms with Gasteiger partial charge in [-0.05, 0) is 32.1 Å². The number of hydrogen-bond donors (Lipinski definition) is 0. The average Bonchev–Trinajstić information content (AvgIpc) is 2.54. The van der Waals surface area contributed by atoms with Crippen LogP contribution < -0.4 is 0 Å².